The summed E-state index contributed by atoms with van der Waals surface area (Å²) in [6.45, 7) is 6.75. The van der Waals surface area contributed by atoms with Gasteiger partial charge in [-0.05, 0) is 29.5 Å². The van der Waals surface area contributed by atoms with E-state index in [1.54, 1.807) is 0 Å². The lowest BCUT2D eigenvalue weighted by atomic mass is 9.82. The van der Waals surface area contributed by atoms with Crippen LogP contribution in [0.5, 0.6) is 0 Å². The van der Waals surface area contributed by atoms with Gasteiger partial charge in [0.2, 0.25) is 0 Å². The summed E-state index contributed by atoms with van der Waals surface area (Å²) in [5.74, 6) is 0. The molecule has 0 saturated carbocycles. The molecule has 2 rings (SSSR count). The molecule has 14 heavy (non-hydrogen) atoms. The van der Waals surface area contributed by atoms with Crippen molar-refractivity contribution in [3.63, 3.8) is 0 Å². The highest BCUT2D eigenvalue weighted by atomic mass is 14.8. The predicted octanol–water partition coefficient (Wildman–Crippen LogP) is 3.25. The van der Waals surface area contributed by atoms with Crippen molar-refractivity contribution in [3.8, 4) is 0 Å². The standard InChI is InChI=1S/C12H16N2/c1-4-12(2,3)10-8-14-11-9(10)6-5-7-13-11/h5-8H,4H2,1-3H3,(H,13,14). The quantitative estimate of drug-likeness (QED) is 0.770. The number of fused-ring (bicyclic) bond motifs is 1. The number of pyridine rings is 1. The highest BCUT2D eigenvalue weighted by molar-refractivity contribution is 5.80. The Morgan fingerprint density at radius 1 is 1.43 bits per heavy atom. The molecule has 2 aromatic heterocycles. The van der Waals surface area contributed by atoms with E-state index in [0.717, 1.165) is 12.1 Å². The maximum absolute atomic E-state index is 4.29. The van der Waals surface area contributed by atoms with Crippen LogP contribution in [0.4, 0.5) is 0 Å². The second kappa shape index (κ2) is 3.12. The second-order valence-corrected chi connectivity index (χ2v) is 4.34. The van der Waals surface area contributed by atoms with E-state index in [-0.39, 0.29) is 5.41 Å². The number of hydrogen-bond donors (Lipinski definition) is 1. The van der Waals surface area contributed by atoms with Crippen molar-refractivity contribution in [1.82, 2.24) is 9.97 Å². The maximum atomic E-state index is 4.29. The van der Waals surface area contributed by atoms with Gasteiger partial charge in [0.05, 0.1) is 0 Å². The summed E-state index contributed by atoms with van der Waals surface area (Å²) in [5.41, 5.74) is 2.58. The molecule has 0 bridgehead atoms. The highest BCUT2D eigenvalue weighted by Gasteiger charge is 2.21. The van der Waals surface area contributed by atoms with Gasteiger partial charge in [0.15, 0.2) is 0 Å². The number of aromatic amines is 1. The molecular weight excluding hydrogens is 172 g/mol. The summed E-state index contributed by atoms with van der Waals surface area (Å²) in [4.78, 5) is 7.51. The van der Waals surface area contributed by atoms with Crippen LogP contribution in [0.2, 0.25) is 0 Å². The van der Waals surface area contributed by atoms with E-state index >= 15 is 0 Å². The first kappa shape index (κ1) is 9.25. The average Bonchev–Trinajstić information content (AvgIpc) is 2.61. The molecule has 74 valence electrons. The molecule has 0 fully saturated rings. The molecule has 0 spiro atoms. The van der Waals surface area contributed by atoms with Crippen molar-refractivity contribution in [1.29, 1.82) is 0 Å². The molecule has 2 heterocycles. The lowest BCUT2D eigenvalue weighted by Crippen LogP contribution is -2.14. The zero-order chi connectivity index (χ0) is 10.2. The molecule has 2 aromatic rings. The Morgan fingerprint density at radius 3 is 2.93 bits per heavy atom. The van der Waals surface area contributed by atoms with Gasteiger partial charge >= 0.3 is 0 Å². The molecule has 0 amide bonds. The van der Waals surface area contributed by atoms with Crippen molar-refractivity contribution in [2.24, 2.45) is 0 Å². The van der Waals surface area contributed by atoms with E-state index in [1.807, 2.05) is 12.3 Å². The van der Waals surface area contributed by atoms with Gasteiger partial charge in [-0.15, -0.1) is 0 Å². The Labute approximate surface area is 84.4 Å². The lowest BCUT2D eigenvalue weighted by Gasteiger charge is -2.21. The molecule has 0 unspecified atom stereocenters. The smallest absolute Gasteiger partial charge is 0.137 e. The minimum atomic E-state index is 0.223. The van der Waals surface area contributed by atoms with Crippen molar-refractivity contribution in [2.75, 3.05) is 0 Å². The molecule has 2 heteroatoms. The van der Waals surface area contributed by atoms with Crippen LogP contribution < -0.4 is 0 Å². The van der Waals surface area contributed by atoms with Gasteiger partial charge in [0, 0.05) is 17.8 Å². The molecule has 0 aliphatic rings. The summed E-state index contributed by atoms with van der Waals surface area (Å²) < 4.78 is 0. The van der Waals surface area contributed by atoms with E-state index in [9.17, 15) is 0 Å². The first-order chi connectivity index (χ1) is 6.65. The third kappa shape index (κ3) is 1.31. The third-order valence-corrected chi connectivity index (χ3v) is 3.06. The van der Waals surface area contributed by atoms with Crippen molar-refractivity contribution in [2.45, 2.75) is 32.6 Å². The Morgan fingerprint density at radius 2 is 2.21 bits per heavy atom. The first-order valence-corrected chi connectivity index (χ1v) is 5.08. The Balaban J connectivity index is 2.64. The zero-order valence-electron chi connectivity index (χ0n) is 8.96. The molecule has 0 aliphatic heterocycles. The predicted molar refractivity (Wildman–Crippen MR) is 59.4 cm³/mol. The molecular formula is C12H16N2. The maximum Gasteiger partial charge on any atom is 0.137 e. The summed E-state index contributed by atoms with van der Waals surface area (Å²) in [7, 11) is 0. The second-order valence-electron chi connectivity index (χ2n) is 4.34. The van der Waals surface area contributed by atoms with Gasteiger partial charge in [-0.1, -0.05) is 20.8 Å². The molecule has 0 saturated heterocycles. The van der Waals surface area contributed by atoms with Crippen LogP contribution in [-0.2, 0) is 5.41 Å². The van der Waals surface area contributed by atoms with Gasteiger partial charge in [-0.2, -0.15) is 0 Å². The average molecular weight is 188 g/mol. The molecule has 0 aromatic carbocycles. The molecule has 0 aliphatic carbocycles. The van der Waals surface area contributed by atoms with Crippen molar-refractivity contribution in [3.05, 3.63) is 30.1 Å². The van der Waals surface area contributed by atoms with Crippen LogP contribution in [0, 0.1) is 0 Å². The van der Waals surface area contributed by atoms with Crippen molar-refractivity contribution < 1.29 is 0 Å². The van der Waals surface area contributed by atoms with Gasteiger partial charge < -0.3 is 4.98 Å². The molecule has 2 nitrogen and oxygen atoms in total. The van der Waals surface area contributed by atoms with Crippen LogP contribution >= 0.6 is 0 Å². The van der Waals surface area contributed by atoms with Crippen LogP contribution in [0.25, 0.3) is 11.0 Å². The highest BCUT2D eigenvalue weighted by Crippen LogP contribution is 2.31. The van der Waals surface area contributed by atoms with Crippen LogP contribution in [0.15, 0.2) is 24.5 Å². The SMILES string of the molecule is CCC(C)(C)c1c[nH]c2ncccc12. The summed E-state index contributed by atoms with van der Waals surface area (Å²) in [6, 6.07) is 4.12. The summed E-state index contributed by atoms with van der Waals surface area (Å²) in [6.07, 6.45) is 5.04. The van der Waals surface area contributed by atoms with Crippen molar-refractivity contribution >= 4 is 11.0 Å². The Hall–Kier alpha value is -1.31. The van der Waals surface area contributed by atoms with E-state index in [0.29, 0.717) is 0 Å². The normalized spacial score (nSPS) is 12.2. The molecule has 0 radical (unpaired) electrons. The molecule has 1 N–H and O–H groups in total. The number of H-pyrrole nitrogens is 1. The fraction of sp³-hybridized carbons (Fsp3) is 0.417. The number of hydrogen-bond acceptors (Lipinski definition) is 1. The minimum absolute atomic E-state index is 0.223. The van der Waals surface area contributed by atoms with E-state index in [1.165, 1.54) is 10.9 Å². The van der Waals surface area contributed by atoms with Crippen LogP contribution in [0.1, 0.15) is 32.8 Å². The summed E-state index contributed by atoms with van der Waals surface area (Å²) in [5, 5.41) is 1.25. The number of rotatable bonds is 2. The largest absolute Gasteiger partial charge is 0.346 e. The zero-order valence-corrected chi connectivity index (χ0v) is 8.96. The Bertz CT molecular complexity index is 440. The van der Waals surface area contributed by atoms with Gasteiger partial charge in [-0.25, -0.2) is 4.98 Å². The monoisotopic (exact) mass is 188 g/mol. The van der Waals surface area contributed by atoms with Gasteiger partial charge in [0.25, 0.3) is 0 Å². The fourth-order valence-corrected chi connectivity index (χ4v) is 1.71. The number of aromatic nitrogens is 2. The number of nitrogens with zero attached hydrogens (tertiary/aromatic N) is 1. The van der Waals surface area contributed by atoms with E-state index < -0.39 is 0 Å². The van der Waals surface area contributed by atoms with Crippen LogP contribution in [-0.4, -0.2) is 9.97 Å². The van der Waals surface area contributed by atoms with E-state index in [2.05, 4.69) is 43.0 Å². The fourth-order valence-electron chi connectivity index (χ4n) is 1.71. The minimum Gasteiger partial charge on any atom is -0.346 e. The van der Waals surface area contributed by atoms with Gasteiger partial charge in [0.1, 0.15) is 5.65 Å². The summed E-state index contributed by atoms with van der Waals surface area (Å²) >= 11 is 0. The molecule has 0 atom stereocenters. The first-order valence-electron chi connectivity index (χ1n) is 5.08. The number of nitrogens with one attached hydrogen (secondary N) is 1. The third-order valence-electron chi connectivity index (χ3n) is 3.06. The lowest BCUT2D eigenvalue weighted by molar-refractivity contribution is 0.510. The van der Waals surface area contributed by atoms with Gasteiger partial charge in [-0.3, -0.25) is 0 Å². The topological polar surface area (TPSA) is 28.7 Å². The Kier molecular flexibility index (Phi) is 2.06. The van der Waals surface area contributed by atoms with Crippen LogP contribution in [0.3, 0.4) is 0 Å². The van der Waals surface area contributed by atoms with E-state index in [4.69, 9.17) is 0 Å².